The fourth-order valence-electron chi connectivity index (χ4n) is 3.66. The van der Waals surface area contributed by atoms with Gasteiger partial charge < -0.3 is 16.4 Å². The molecule has 0 bridgehead atoms. The lowest BCUT2D eigenvalue weighted by Crippen LogP contribution is -2.15. The third-order valence-corrected chi connectivity index (χ3v) is 5.44. The summed E-state index contributed by atoms with van der Waals surface area (Å²) in [7, 11) is 0. The Bertz CT molecular complexity index is 1410. The molecule has 182 valence electrons. The number of fused-ring (bicyclic) bond motifs is 1. The van der Waals surface area contributed by atoms with Gasteiger partial charge in [-0.15, -0.1) is 5.10 Å². The number of imidazole rings is 1. The number of nitrogens with zero attached hydrogens (tertiary/aromatic N) is 3. The number of primary amides is 1. The van der Waals surface area contributed by atoms with Gasteiger partial charge in [0.2, 0.25) is 5.91 Å². The highest BCUT2D eigenvalue weighted by Gasteiger charge is 2.26. The van der Waals surface area contributed by atoms with Crippen molar-refractivity contribution in [3.8, 4) is 11.3 Å². The fourth-order valence-corrected chi connectivity index (χ4v) is 3.66. The smallest absolute Gasteiger partial charge is 0.382 e. The summed E-state index contributed by atoms with van der Waals surface area (Å²) < 4.78 is 53.4. The predicted molar refractivity (Wildman–Crippen MR) is 125 cm³/mol. The van der Waals surface area contributed by atoms with Gasteiger partial charge in [0.1, 0.15) is 5.82 Å². The third kappa shape index (κ3) is 5.34. The minimum atomic E-state index is -4.32. The number of benzene rings is 2. The quantitative estimate of drug-likeness (QED) is 0.306. The standard InChI is InChI=1S/C24H22F4N6O/c1-13-3-5-16(25)10-18(13)32-21-11-19(30-8-7-24(26,27)28)23-31-12-20(34(23)33-21)15-4-6-17(22(29)35)14(2)9-15/h3-6,9-12,30H,7-8H2,1-2H3,(H2,29,35)(H,32,33). The van der Waals surface area contributed by atoms with Gasteiger partial charge in [-0.1, -0.05) is 12.1 Å². The topological polar surface area (TPSA) is 97.3 Å². The minimum Gasteiger partial charge on any atom is -0.382 e. The molecule has 11 heteroatoms. The van der Waals surface area contributed by atoms with Gasteiger partial charge >= 0.3 is 6.18 Å². The second-order valence-corrected chi connectivity index (χ2v) is 8.09. The van der Waals surface area contributed by atoms with E-state index in [0.717, 1.165) is 5.56 Å². The molecule has 0 radical (unpaired) electrons. The molecule has 4 aromatic rings. The summed E-state index contributed by atoms with van der Waals surface area (Å²) in [6.07, 6.45) is -3.82. The van der Waals surface area contributed by atoms with E-state index in [4.69, 9.17) is 5.73 Å². The largest absolute Gasteiger partial charge is 0.390 e. The molecular weight excluding hydrogens is 464 g/mol. The van der Waals surface area contributed by atoms with Gasteiger partial charge in [-0.05, 0) is 49.2 Å². The number of halogens is 4. The van der Waals surface area contributed by atoms with E-state index in [1.165, 1.54) is 28.9 Å². The molecule has 0 fully saturated rings. The molecule has 0 saturated heterocycles. The van der Waals surface area contributed by atoms with Gasteiger partial charge in [-0.3, -0.25) is 4.79 Å². The van der Waals surface area contributed by atoms with Crippen molar-refractivity contribution >= 4 is 28.7 Å². The lowest BCUT2D eigenvalue weighted by Gasteiger charge is -2.14. The van der Waals surface area contributed by atoms with Crippen molar-refractivity contribution in [3.05, 3.63) is 71.2 Å². The first kappa shape index (κ1) is 24.0. The van der Waals surface area contributed by atoms with Gasteiger partial charge in [0.25, 0.3) is 0 Å². The highest BCUT2D eigenvalue weighted by molar-refractivity contribution is 5.95. The fraction of sp³-hybridized carbons (Fsp3) is 0.208. The van der Waals surface area contributed by atoms with E-state index in [1.807, 2.05) is 0 Å². The molecule has 2 aromatic carbocycles. The van der Waals surface area contributed by atoms with Crippen LogP contribution < -0.4 is 16.4 Å². The van der Waals surface area contributed by atoms with Gasteiger partial charge in [-0.2, -0.15) is 13.2 Å². The number of amides is 1. The number of nitrogens with one attached hydrogen (secondary N) is 2. The molecule has 4 N–H and O–H groups in total. The van der Waals surface area contributed by atoms with E-state index >= 15 is 0 Å². The zero-order chi connectivity index (χ0) is 25.3. The Labute approximate surface area is 198 Å². The number of aromatic nitrogens is 3. The van der Waals surface area contributed by atoms with Crippen LogP contribution in [0.25, 0.3) is 16.9 Å². The molecule has 0 atom stereocenters. The van der Waals surface area contributed by atoms with Crippen molar-refractivity contribution in [2.45, 2.75) is 26.4 Å². The van der Waals surface area contributed by atoms with Crippen LogP contribution in [0, 0.1) is 19.7 Å². The molecule has 4 rings (SSSR count). The van der Waals surface area contributed by atoms with Crippen LogP contribution in [0.2, 0.25) is 0 Å². The number of carbonyl (C=O) groups excluding carboxylic acids is 1. The van der Waals surface area contributed by atoms with Crippen LogP contribution in [0.1, 0.15) is 27.9 Å². The maximum atomic E-state index is 13.8. The molecule has 0 saturated carbocycles. The van der Waals surface area contributed by atoms with Gasteiger partial charge in [0.15, 0.2) is 11.5 Å². The molecule has 0 aliphatic rings. The van der Waals surface area contributed by atoms with E-state index < -0.39 is 24.3 Å². The Balaban J connectivity index is 1.80. The van der Waals surface area contributed by atoms with Crippen molar-refractivity contribution in [3.63, 3.8) is 0 Å². The van der Waals surface area contributed by atoms with E-state index in [-0.39, 0.29) is 12.4 Å². The number of rotatable bonds is 7. The summed E-state index contributed by atoms with van der Waals surface area (Å²) in [4.78, 5) is 15.9. The van der Waals surface area contributed by atoms with Crippen LogP contribution in [0.4, 0.5) is 34.8 Å². The van der Waals surface area contributed by atoms with Crippen molar-refractivity contribution in [2.75, 3.05) is 17.2 Å². The zero-order valence-corrected chi connectivity index (χ0v) is 18.9. The van der Waals surface area contributed by atoms with Crippen LogP contribution >= 0.6 is 0 Å². The van der Waals surface area contributed by atoms with Gasteiger partial charge in [0.05, 0.1) is 24.0 Å². The highest BCUT2D eigenvalue weighted by Crippen LogP contribution is 2.29. The molecule has 0 aliphatic carbocycles. The Morgan fingerprint density at radius 1 is 1.06 bits per heavy atom. The number of alkyl halides is 3. The normalized spacial score (nSPS) is 11.6. The molecule has 2 aromatic heterocycles. The van der Waals surface area contributed by atoms with Crippen molar-refractivity contribution in [1.29, 1.82) is 0 Å². The number of carbonyl (C=O) groups is 1. The Hall–Kier alpha value is -4.15. The average Bonchev–Trinajstić information content (AvgIpc) is 3.19. The first-order chi connectivity index (χ1) is 16.5. The lowest BCUT2D eigenvalue weighted by atomic mass is 10.0. The number of hydrogen-bond acceptors (Lipinski definition) is 5. The predicted octanol–water partition coefficient (Wildman–Crippen LogP) is 5.36. The maximum absolute atomic E-state index is 13.8. The summed E-state index contributed by atoms with van der Waals surface area (Å²) >= 11 is 0. The second-order valence-electron chi connectivity index (χ2n) is 8.09. The molecule has 7 nitrogen and oxygen atoms in total. The van der Waals surface area contributed by atoms with Crippen LogP contribution in [-0.2, 0) is 0 Å². The Morgan fingerprint density at radius 2 is 1.83 bits per heavy atom. The zero-order valence-electron chi connectivity index (χ0n) is 18.9. The van der Waals surface area contributed by atoms with E-state index in [1.54, 1.807) is 38.1 Å². The molecule has 0 unspecified atom stereocenters. The molecule has 0 aliphatic heterocycles. The molecular formula is C24H22F4N6O. The van der Waals surface area contributed by atoms with Crippen molar-refractivity contribution in [1.82, 2.24) is 14.6 Å². The Kier molecular flexibility index (Phi) is 6.33. The van der Waals surface area contributed by atoms with E-state index in [2.05, 4.69) is 20.7 Å². The number of hydrogen-bond donors (Lipinski definition) is 3. The lowest BCUT2D eigenvalue weighted by molar-refractivity contribution is -0.131. The average molecular weight is 486 g/mol. The summed E-state index contributed by atoms with van der Waals surface area (Å²) in [5.41, 5.74) is 9.46. The van der Waals surface area contributed by atoms with Crippen LogP contribution in [0.15, 0.2) is 48.7 Å². The first-order valence-corrected chi connectivity index (χ1v) is 10.7. The first-order valence-electron chi connectivity index (χ1n) is 10.7. The number of nitrogens with two attached hydrogens (primary N) is 1. The van der Waals surface area contributed by atoms with Crippen LogP contribution in [0.5, 0.6) is 0 Å². The summed E-state index contributed by atoms with van der Waals surface area (Å²) in [6.45, 7) is 3.16. The van der Waals surface area contributed by atoms with E-state index in [0.29, 0.717) is 39.4 Å². The summed E-state index contributed by atoms with van der Waals surface area (Å²) in [5.74, 6) is -0.736. The SMILES string of the molecule is Cc1ccc(F)cc1Nc1cc(NCCC(F)(F)F)c2ncc(-c3ccc(C(N)=O)c(C)c3)n2n1. The van der Waals surface area contributed by atoms with Crippen LogP contribution in [-0.4, -0.2) is 33.2 Å². The second kappa shape index (κ2) is 9.24. The monoisotopic (exact) mass is 486 g/mol. The summed E-state index contributed by atoms with van der Waals surface area (Å²) in [5, 5.41) is 10.4. The van der Waals surface area contributed by atoms with Gasteiger partial charge in [0, 0.05) is 29.4 Å². The molecule has 0 spiro atoms. The number of anilines is 3. The number of aryl methyl sites for hydroxylation is 2. The molecule has 2 heterocycles. The minimum absolute atomic E-state index is 0.269. The van der Waals surface area contributed by atoms with Crippen LogP contribution in [0.3, 0.4) is 0 Å². The third-order valence-electron chi connectivity index (χ3n) is 5.44. The van der Waals surface area contributed by atoms with Crippen molar-refractivity contribution in [2.24, 2.45) is 5.73 Å². The molecule has 1 amide bonds. The molecule has 35 heavy (non-hydrogen) atoms. The Morgan fingerprint density at radius 3 is 2.51 bits per heavy atom. The summed E-state index contributed by atoms with van der Waals surface area (Å²) in [6, 6.07) is 10.8. The maximum Gasteiger partial charge on any atom is 0.390 e. The van der Waals surface area contributed by atoms with Crippen molar-refractivity contribution < 1.29 is 22.4 Å². The van der Waals surface area contributed by atoms with Gasteiger partial charge in [-0.25, -0.2) is 13.9 Å². The highest BCUT2D eigenvalue weighted by atomic mass is 19.4. The van der Waals surface area contributed by atoms with E-state index in [9.17, 15) is 22.4 Å².